The molecule has 0 bridgehead atoms. The summed E-state index contributed by atoms with van der Waals surface area (Å²) in [5.74, 6) is 1.36. The molecule has 1 saturated carbocycles. The van der Waals surface area contributed by atoms with Crippen LogP contribution in [0.25, 0.3) is 11.5 Å². The van der Waals surface area contributed by atoms with Crippen LogP contribution in [-0.4, -0.2) is 56.8 Å². The smallest absolute Gasteiger partial charge is 0.320 e. The number of amides is 3. The molecule has 0 spiro atoms. The average molecular weight is 373 g/mol. The maximum absolute atomic E-state index is 12.6. The van der Waals surface area contributed by atoms with Gasteiger partial charge in [-0.25, -0.2) is 9.78 Å². The summed E-state index contributed by atoms with van der Waals surface area (Å²) < 4.78 is 3.46. The van der Waals surface area contributed by atoms with Gasteiger partial charge in [-0.2, -0.15) is 5.10 Å². The Balaban J connectivity index is 1.65. The van der Waals surface area contributed by atoms with Crippen molar-refractivity contribution in [2.45, 2.75) is 25.7 Å². The van der Waals surface area contributed by atoms with Crippen LogP contribution in [0.4, 0.5) is 10.6 Å². The zero-order valence-electron chi connectivity index (χ0n) is 16.3. The van der Waals surface area contributed by atoms with Crippen LogP contribution in [0, 0.1) is 5.41 Å². The monoisotopic (exact) mass is 373 g/mol. The fourth-order valence-electron chi connectivity index (χ4n) is 3.71. The quantitative estimate of drug-likeness (QED) is 0.832. The van der Waals surface area contributed by atoms with E-state index in [4.69, 9.17) is 0 Å². The first-order valence-corrected chi connectivity index (χ1v) is 9.11. The van der Waals surface area contributed by atoms with E-state index in [1.54, 1.807) is 43.0 Å². The first kappa shape index (κ1) is 18.9. The molecule has 1 aliphatic rings. The number of nitrogens with one attached hydrogen (secondary N) is 2. The highest BCUT2D eigenvalue weighted by atomic mass is 16.2. The van der Waals surface area contributed by atoms with Crippen molar-refractivity contribution in [1.29, 1.82) is 0 Å². The van der Waals surface area contributed by atoms with Crippen LogP contribution in [0.3, 0.4) is 0 Å². The molecule has 3 amide bonds. The first-order chi connectivity index (χ1) is 12.8. The average Bonchev–Trinajstić information content (AvgIpc) is 3.34. The molecule has 2 heterocycles. The van der Waals surface area contributed by atoms with Crippen LogP contribution < -0.4 is 10.6 Å². The normalized spacial score (nSPS) is 15.6. The summed E-state index contributed by atoms with van der Waals surface area (Å²) in [5.41, 5.74) is 0.182. The third kappa shape index (κ3) is 3.81. The van der Waals surface area contributed by atoms with Gasteiger partial charge in [-0.3, -0.25) is 14.8 Å². The van der Waals surface area contributed by atoms with Gasteiger partial charge in [0.15, 0.2) is 5.82 Å². The van der Waals surface area contributed by atoms with Crippen LogP contribution in [0.1, 0.15) is 25.7 Å². The molecule has 0 aromatic carbocycles. The molecule has 146 valence electrons. The number of aryl methyl sites for hydroxylation is 2. The molecule has 9 nitrogen and oxygen atoms in total. The molecule has 2 N–H and O–H groups in total. The third-order valence-corrected chi connectivity index (χ3v) is 5.18. The van der Waals surface area contributed by atoms with Gasteiger partial charge < -0.3 is 14.8 Å². The van der Waals surface area contributed by atoms with Crippen molar-refractivity contribution in [3.63, 3.8) is 0 Å². The second-order valence-corrected chi connectivity index (χ2v) is 7.39. The highest BCUT2D eigenvalue weighted by Crippen LogP contribution is 2.38. The lowest BCUT2D eigenvalue weighted by atomic mass is 9.84. The maximum atomic E-state index is 12.6. The predicted octanol–water partition coefficient (Wildman–Crippen LogP) is 1.59. The number of hydrogen-bond donors (Lipinski definition) is 2. The summed E-state index contributed by atoms with van der Waals surface area (Å²) in [6.45, 7) is 0.333. The minimum absolute atomic E-state index is 0.0814. The van der Waals surface area contributed by atoms with E-state index in [1.165, 1.54) is 0 Å². The van der Waals surface area contributed by atoms with E-state index in [0.29, 0.717) is 18.1 Å². The Hall–Kier alpha value is -2.84. The Morgan fingerprint density at radius 3 is 2.56 bits per heavy atom. The number of hydrogen-bond acceptors (Lipinski definition) is 4. The van der Waals surface area contributed by atoms with Crippen molar-refractivity contribution in [2.75, 3.05) is 26.0 Å². The topological polar surface area (TPSA) is 97.1 Å². The van der Waals surface area contributed by atoms with Crippen molar-refractivity contribution in [3.8, 4) is 11.5 Å². The second-order valence-electron chi connectivity index (χ2n) is 7.39. The van der Waals surface area contributed by atoms with E-state index >= 15 is 0 Å². The number of anilines is 1. The number of aromatic nitrogens is 4. The van der Waals surface area contributed by atoms with Gasteiger partial charge in [0.05, 0.1) is 5.41 Å². The lowest BCUT2D eigenvalue weighted by molar-refractivity contribution is -0.138. The summed E-state index contributed by atoms with van der Waals surface area (Å²) in [7, 11) is 7.17. The largest absolute Gasteiger partial charge is 0.348 e. The van der Waals surface area contributed by atoms with E-state index in [2.05, 4.69) is 20.7 Å². The summed E-state index contributed by atoms with van der Waals surface area (Å²) >= 11 is 0. The molecular formula is C18H27N7O2. The van der Waals surface area contributed by atoms with Gasteiger partial charge in [0.2, 0.25) is 5.91 Å². The first-order valence-electron chi connectivity index (χ1n) is 9.11. The van der Waals surface area contributed by atoms with Gasteiger partial charge in [-0.1, -0.05) is 12.8 Å². The zero-order chi connectivity index (χ0) is 19.6. The maximum Gasteiger partial charge on any atom is 0.320 e. The van der Waals surface area contributed by atoms with E-state index in [0.717, 1.165) is 31.5 Å². The molecule has 2 aromatic rings. The second kappa shape index (κ2) is 7.42. The number of nitrogens with zero attached hydrogens (tertiary/aromatic N) is 5. The summed E-state index contributed by atoms with van der Waals surface area (Å²) in [5, 5.41) is 10.1. The number of urea groups is 1. The fourth-order valence-corrected chi connectivity index (χ4v) is 3.71. The molecule has 0 aliphatic heterocycles. The van der Waals surface area contributed by atoms with Crippen molar-refractivity contribution in [1.82, 2.24) is 29.5 Å². The standard InChI is InChI=1S/C18H27N7O2/c1-23(2)16(26)18(7-5-6-8-18)12-20-17(27)21-14-11-13(22-25(14)4)15-19-9-10-24(15)3/h9-11H,5-8,12H2,1-4H3,(H2,20,21,27). The molecule has 9 heteroatoms. The Kier molecular flexibility index (Phi) is 5.20. The van der Waals surface area contributed by atoms with Gasteiger partial charge in [0, 0.05) is 53.2 Å². The molecule has 0 saturated heterocycles. The molecule has 3 rings (SSSR count). The van der Waals surface area contributed by atoms with Crippen LogP contribution >= 0.6 is 0 Å². The van der Waals surface area contributed by atoms with Crippen LogP contribution in [-0.2, 0) is 18.9 Å². The van der Waals surface area contributed by atoms with Gasteiger partial charge in [0.1, 0.15) is 11.5 Å². The van der Waals surface area contributed by atoms with Crippen molar-refractivity contribution < 1.29 is 9.59 Å². The molecule has 2 aromatic heterocycles. The Morgan fingerprint density at radius 1 is 1.26 bits per heavy atom. The Labute approximate surface area is 158 Å². The van der Waals surface area contributed by atoms with Crippen molar-refractivity contribution in [2.24, 2.45) is 19.5 Å². The Morgan fingerprint density at radius 2 is 1.96 bits per heavy atom. The van der Waals surface area contributed by atoms with Crippen LogP contribution in [0.15, 0.2) is 18.5 Å². The van der Waals surface area contributed by atoms with Crippen molar-refractivity contribution >= 4 is 17.8 Å². The lowest BCUT2D eigenvalue weighted by Crippen LogP contribution is -2.47. The zero-order valence-corrected chi connectivity index (χ0v) is 16.3. The number of imidazole rings is 1. The van der Waals surface area contributed by atoms with Crippen LogP contribution in [0.5, 0.6) is 0 Å². The van der Waals surface area contributed by atoms with Crippen molar-refractivity contribution in [3.05, 3.63) is 18.5 Å². The van der Waals surface area contributed by atoms with Gasteiger partial charge in [0.25, 0.3) is 0 Å². The summed E-state index contributed by atoms with van der Waals surface area (Å²) in [6.07, 6.45) is 7.17. The molecule has 0 radical (unpaired) electrons. The molecule has 27 heavy (non-hydrogen) atoms. The highest BCUT2D eigenvalue weighted by Gasteiger charge is 2.42. The van der Waals surface area contributed by atoms with E-state index < -0.39 is 5.41 Å². The molecular weight excluding hydrogens is 346 g/mol. The predicted molar refractivity (Wildman–Crippen MR) is 102 cm³/mol. The fraction of sp³-hybridized carbons (Fsp3) is 0.556. The summed E-state index contributed by atoms with van der Waals surface area (Å²) in [6, 6.07) is 1.43. The number of rotatable bonds is 5. The van der Waals surface area contributed by atoms with E-state index in [-0.39, 0.29) is 11.9 Å². The third-order valence-electron chi connectivity index (χ3n) is 5.18. The number of carbonyl (C=O) groups excluding carboxylic acids is 2. The number of carbonyl (C=O) groups is 2. The summed E-state index contributed by atoms with van der Waals surface area (Å²) in [4.78, 5) is 30.9. The lowest BCUT2D eigenvalue weighted by Gasteiger charge is -2.30. The Bertz CT molecular complexity index is 831. The van der Waals surface area contributed by atoms with Gasteiger partial charge in [-0.05, 0) is 12.8 Å². The molecule has 0 atom stereocenters. The van der Waals surface area contributed by atoms with Crippen LogP contribution in [0.2, 0.25) is 0 Å². The minimum Gasteiger partial charge on any atom is -0.348 e. The molecule has 1 fully saturated rings. The molecule has 0 unspecified atom stereocenters. The minimum atomic E-state index is -0.495. The van der Waals surface area contributed by atoms with Gasteiger partial charge in [-0.15, -0.1) is 0 Å². The van der Waals surface area contributed by atoms with Gasteiger partial charge >= 0.3 is 6.03 Å². The highest BCUT2D eigenvalue weighted by molar-refractivity contribution is 5.90. The molecule has 1 aliphatic carbocycles. The van der Waals surface area contributed by atoms with E-state index in [9.17, 15) is 9.59 Å². The SMILES string of the molecule is CN(C)C(=O)C1(CNC(=O)Nc2cc(-c3nccn3C)nn2C)CCCC1. The van der Waals surface area contributed by atoms with E-state index in [1.807, 2.05) is 17.8 Å².